The second-order valence-corrected chi connectivity index (χ2v) is 3.64. The molecule has 2 rings (SSSR count). The van der Waals surface area contributed by atoms with Gasteiger partial charge in [-0.25, -0.2) is 4.68 Å². The Morgan fingerprint density at radius 2 is 2.06 bits per heavy atom. The van der Waals surface area contributed by atoms with Crippen molar-refractivity contribution < 1.29 is 5.11 Å². The zero-order valence-corrected chi connectivity index (χ0v) is 9.24. The third kappa shape index (κ3) is 2.68. The number of nitrogens with zero attached hydrogens (tertiary/aromatic N) is 4. The third-order valence-electron chi connectivity index (χ3n) is 2.43. The Morgan fingerprint density at radius 3 is 2.65 bits per heavy atom. The van der Waals surface area contributed by atoms with Crippen LogP contribution in [0.5, 0.6) is 0 Å². The van der Waals surface area contributed by atoms with Gasteiger partial charge in [-0.05, 0) is 24.1 Å². The number of nitriles is 1. The first-order chi connectivity index (χ1) is 8.33. The lowest BCUT2D eigenvalue weighted by Crippen LogP contribution is -1.95. The lowest BCUT2D eigenvalue weighted by molar-refractivity contribution is 0.276. The molecule has 0 saturated heterocycles. The first kappa shape index (κ1) is 11.3. The molecule has 1 aromatic heterocycles. The van der Waals surface area contributed by atoms with E-state index in [2.05, 4.69) is 16.4 Å². The fourth-order valence-electron chi connectivity index (χ4n) is 1.51. The van der Waals surface area contributed by atoms with Gasteiger partial charge in [-0.3, -0.25) is 0 Å². The summed E-state index contributed by atoms with van der Waals surface area (Å²) in [5.41, 5.74) is 2.55. The summed E-state index contributed by atoms with van der Waals surface area (Å²) in [5, 5.41) is 25.1. The van der Waals surface area contributed by atoms with Crippen molar-refractivity contribution in [2.45, 2.75) is 19.4 Å². The van der Waals surface area contributed by atoms with Crippen LogP contribution in [0.2, 0.25) is 0 Å². The Labute approximate surface area is 98.9 Å². The number of rotatable bonds is 4. The summed E-state index contributed by atoms with van der Waals surface area (Å²) >= 11 is 0. The van der Waals surface area contributed by atoms with Crippen LogP contribution in [-0.4, -0.2) is 20.1 Å². The van der Waals surface area contributed by atoms with Crippen molar-refractivity contribution >= 4 is 0 Å². The summed E-state index contributed by atoms with van der Waals surface area (Å²) in [6.45, 7) is -0.111. The van der Waals surface area contributed by atoms with Gasteiger partial charge in [0.15, 0.2) is 0 Å². The summed E-state index contributed by atoms with van der Waals surface area (Å²) in [6, 6.07) is 9.89. The van der Waals surface area contributed by atoms with E-state index in [1.807, 2.05) is 24.3 Å². The van der Waals surface area contributed by atoms with Gasteiger partial charge in [-0.15, -0.1) is 5.10 Å². The number of hydrogen-bond acceptors (Lipinski definition) is 4. The molecule has 86 valence electrons. The van der Waals surface area contributed by atoms with Gasteiger partial charge in [-0.2, -0.15) is 5.26 Å². The van der Waals surface area contributed by atoms with E-state index in [9.17, 15) is 0 Å². The van der Waals surface area contributed by atoms with Gasteiger partial charge >= 0.3 is 0 Å². The molecule has 0 fully saturated rings. The van der Waals surface area contributed by atoms with E-state index in [1.165, 1.54) is 0 Å². The molecule has 0 saturated carbocycles. The van der Waals surface area contributed by atoms with Gasteiger partial charge in [-0.1, -0.05) is 17.3 Å². The molecule has 1 aromatic carbocycles. The van der Waals surface area contributed by atoms with E-state index in [-0.39, 0.29) is 6.61 Å². The van der Waals surface area contributed by atoms with Gasteiger partial charge < -0.3 is 5.11 Å². The van der Waals surface area contributed by atoms with Crippen LogP contribution in [0.3, 0.4) is 0 Å². The molecule has 17 heavy (non-hydrogen) atoms. The lowest BCUT2D eigenvalue weighted by Gasteiger charge is -2.01. The molecule has 0 radical (unpaired) electrons. The molecule has 5 nitrogen and oxygen atoms in total. The Bertz CT molecular complexity index is 524. The van der Waals surface area contributed by atoms with Crippen LogP contribution in [-0.2, 0) is 13.0 Å². The minimum atomic E-state index is -0.111. The normalized spacial score (nSPS) is 10.1. The molecule has 0 aliphatic heterocycles. The fraction of sp³-hybridized carbons (Fsp3) is 0.250. The van der Waals surface area contributed by atoms with Gasteiger partial charge in [0, 0.05) is 6.42 Å². The Hall–Kier alpha value is -2.19. The summed E-state index contributed by atoms with van der Waals surface area (Å²) < 4.78 is 1.61. The second kappa shape index (κ2) is 5.23. The number of aromatic nitrogens is 3. The van der Waals surface area contributed by atoms with Crippen molar-refractivity contribution in [3.8, 4) is 11.8 Å². The Kier molecular flexibility index (Phi) is 3.48. The zero-order valence-electron chi connectivity index (χ0n) is 9.24. The summed E-state index contributed by atoms with van der Waals surface area (Å²) in [4.78, 5) is 0. The van der Waals surface area contributed by atoms with Crippen molar-refractivity contribution in [2.75, 3.05) is 0 Å². The number of aliphatic hydroxyl groups excluding tert-OH is 1. The maximum absolute atomic E-state index is 8.89. The average Bonchev–Trinajstić information content (AvgIpc) is 2.86. The fourth-order valence-corrected chi connectivity index (χ4v) is 1.51. The Balaban J connectivity index is 2.15. The third-order valence-corrected chi connectivity index (χ3v) is 2.43. The van der Waals surface area contributed by atoms with E-state index in [4.69, 9.17) is 10.4 Å². The van der Waals surface area contributed by atoms with Crippen molar-refractivity contribution in [3.63, 3.8) is 0 Å². The highest BCUT2D eigenvalue weighted by Crippen LogP contribution is 2.10. The van der Waals surface area contributed by atoms with E-state index in [0.29, 0.717) is 12.1 Å². The number of benzene rings is 1. The first-order valence-corrected chi connectivity index (χ1v) is 5.32. The highest BCUT2D eigenvalue weighted by atomic mass is 16.3. The van der Waals surface area contributed by atoms with Gasteiger partial charge in [0.2, 0.25) is 0 Å². The van der Waals surface area contributed by atoms with Crippen LogP contribution >= 0.6 is 0 Å². The second-order valence-electron chi connectivity index (χ2n) is 3.64. The molecule has 0 aliphatic rings. The van der Waals surface area contributed by atoms with Gasteiger partial charge in [0.1, 0.15) is 5.69 Å². The summed E-state index contributed by atoms with van der Waals surface area (Å²) in [6.07, 6.45) is 2.97. The topological polar surface area (TPSA) is 74.7 Å². The standard InChI is InChI=1S/C12H12N4O/c13-7-1-2-10-3-5-12(6-4-10)16-8-11(9-17)14-15-16/h3-6,8,17H,1-2,9H2. The number of aryl methyl sites for hydroxylation is 1. The molecule has 0 aliphatic carbocycles. The van der Waals surface area contributed by atoms with Crippen LogP contribution in [0.25, 0.3) is 5.69 Å². The molecule has 0 spiro atoms. The minimum Gasteiger partial charge on any atom is -0.390 e. The average molecular weight is 228 g/mol. The summed E-state index contributed by atoms with van der Waals surface area (Å²) in [7, 11) is 0. The molecule has 1 heterocycles. The minimum absolute atomic E-state index is 0.111. The van der Waals surface area contributed by atoms with Crippen LogP contribution in [0.15, 0.2) is 30.5 Å². The van der Waals surface area contributed by atoms with Crippen LogP contribution in [0.1, 0.15) is 17.7 Å². The predicted molar refractivity (Wildman–Crippen MR) is 61.2 cm³/mol. The maximum Gasteiger partial charge on any atom is 0.109 e. The molecular weight excluding hydrogens is 216 g/mol. The van der Waals surface area contributed by atoms with Crippen molar-refractivity contribution in [3.05, 3.63) is 41.7 Å². The van der Waals surface area contributed by atoms with E-state index < -0.39 is 0 Å². The number of hydrogen-bond donors (Lipinski definition) is 1. The Morgan fingerprint density at radius 1 is 1.29 bits per heavy atom. The quantitative estimate of drug-likeness (QED) is 0.853. The predicted octanol–water partition coefficient (Wildman–Crippen LogP) is 1.22. The SMILES string of the molecule is N#CCCc1ccc(-n2cc(CO)nn2)cc1. The first-order valence-electron chi connectivity index (χ1n) is 5.32. The zero-order chi connectivity index (χ0) is 12.1. The molecule has 0 unspecified atom stereocenters. The van der Waals surface area contributed by atoms with Gasteiger partial charge in [0.25, 0.3) is 0 Å². The molecule has 0 atom stereocenters. The van der Waals surface area contributed by atoms with E-state index in [1.54, 1.807) is 10.9 Å². The smallest absolute Gasteiger partial charge is 0.109 e. The van der Waals surface area contributed by atoms with Crippen molar-refractivity contribution in [1.82, 2.24) is 15.0 Å². The van der Waals surface area contributed by atoms with Crippen LogP contribution in [0.4, 0.5) is 0 Å². The highest BCUT2D eigenvalue weighted by Gasteiger charge is 2.01. The van der Waals surface area contributed by atoms with E-state index >= 15 is 0 Å². The van der Waals surface area contributed by atoms with Gasteiger partial charge in [0.05, 0.1) is 24.6 Å². The maximum atomic E-state index is 8.89. The van der Waals surface area contributed by atoms with Crippen molar-refractivity contribution in [1.29, 1.82) is 5.26 Å². The monoisotopic (exact) mass is 228 g/mol. The molecule has 1 N–H and O–H groups in total. The number of aliphatic hydroxyl groups is 1. The van der Waals surface area contributed by atoms with Crippen LogP contribution in [0, 0.1) is 11.3 Å². The molecule has 0 amide bonds. The van der Waals surface area contributed by atoms with Crippen molar-refractivity contribution in [2.24, 2.45) is 0 Å². The highest BCUT2D eigenvalue weighted by molar-refractivity contribution is 5.34. The molecule has 5 heteroatoms. The molecule has 0 bridgehead atoms. The largest absolute Gasteiger partial charge is 0.390 e. The van der Waals surface area contributed by atoms with Crippen LogP contribution < -0.4 is 0 Å². The molecular formula is C12H12N4O. The summed E-state index contributed by atoms with van der Waals surface area (Å²) in [5.74, 6) is 0. The van der Waals surface area contributed by atoms with E-state index in [0.717, 1.165) is 17.7 Å². The molecule has 2 aromatic rings. The lowest BCUT2D eigenvalue weighted by atomic mass is 10.1.